The molecule has 0 spiro atoms. The van der Waals surface area contributed by atoms with Crippen LogP contribution in [0.4, 0.5) is 14.5 Å². The molecule has 0 atom stereocenters. The predicted octanol–water partition coefficient (Wildman–Crippen LogP) is 2.31. The number of alkyl halides is 2. The third-order valence-corrected chi connectivity index (χ3v) is 2.68. The first kappa shape index (κ1) is 15.7. The van der Waals surface area contributed by atoms with Crippen LogP contribution in [0, 0.1) is 10.1 Å². The number of halogens is 3. The Morgan fingerprint density at radius 1 is 1.47 bits per heavy atom. The van der Waals surface area contributed by atoms with E-state index in [-0.39, 0.29) is 30.9 Å². The number of benzene rings is 1. The molecular weight excluding hydrogens is 282 g/mol. The summed E-state index contributed by atoms with van der Waals surface area (Å²) in [6, 6.07) is 3.97. The summed E-state index contributed by atoms with van der Waals surface area (Å²) in [5.74, 6) is 0. The van der Waals surface area contributed by atoms with Gasteiger partial charge in [0.1, 0.15) is 0 Å². The standard InChI is InChI=1S/C11H13ClF2N2O3/c12-9-1-2-10(16(18)19)8(5-9)6-15(3-4-17)7-11(13)14/h1-2,5,11,17H,3-4,6-7H2. The molecule has 0 aliphatic rings. The Morgan fingerprint density at radius 2 is 2.16 bits per heavy atom. The van der Waals surface area contributed by atoms with Crippen LogP contribution in [0.2, 0.25) is 5.02 Å². The molecule has 0 amide bonds. The highest BCUT2D eigenvalue weighted by molar-refractivity contribution is 6.30. The van der Waals surface area contributed by atoms with Crippen LogP contribution in [0.3, 0.4) is 0 Å². The van der Waals surface area contributed by atoms with Gasteiger partial charge in [-0.3, -0.25) is 15.0 Å². The Morgan fingerprint density at radius 3 is 2.68 bits per heavy atom. The van der Waals surface area contributed by atoms with E-state index in [1.807, 2.05) is 0 Å². The number of hydrogen-bond acceptors (Lipinski definition) is 4. The van der Waals surface area contributed by atoms with E-state index < -0.39 is 17.9 Å². The zero-order chi connectivity index (χ0) is 14.4. The Labute approximate surface area is 113 Å². The normalized spacial score (nSPS) is 11.3. The van der Waals surface area contributed by atoms with Gasteiger partial charge in [0.15, 0.2) is 0 Å². The summed E-state index contributed by atoms with van der Waals surface area (Å²) in [6.07, 6.45) is -2.58. The second kappa shape index (κ2) is 7.32. The van der Waals surface area contributed by atoms with Crippen molar-refractivity contribution in [1.82, 2.24) is 4.90 Å². The highest BCUT2D eigenvalue weighted by Crippen LogP contribution is 2.24. The molecule has 0 aliphatic heterocycles. The second-order valence-corrected chi connectivity index (χ2v) is 4.32. The minimum Gasteiger partial charge on any atom is -0.395 e. The minimum atomic E-state index is -2.58. The minimum absolute atomic E-state index is 0.00794. The van der Waals surface area contributed by atoms with Crippen LogP contribution in [0.1, 0.15) is 5.56 Å². The Balaban J connectivity index is 2.93. The molecule has 106 valence electrons. The molecule has 0 radical (unpaired) electrons. The lowest BCUT2D eigenvalue weighted by Crippen LogP contribution is -2.31. The number of rotatable bonds is 7. The van der Waals surface area contributed by atoms with Gasteiger partial charge in [-0.1, -0.05) is 11.6 Å². The zero-order valence-corrected chi connectivity index (χ0v) is 10.7. The third-order valence-electron chi connectivity index (χ3n) is 2.44. The topological polar surface area (TPSA) is 66.6 Å². The average Bonchev–Trinajstić information content (AvgIpc) is 2.27. The fourth-order valence-corrected chi connectivity index (χ4v) is 1.87. The summed E-state index contributed by atoms with van der Waals surface area (Å²) < 4.78 is 24.7. The van der Waals surface area contributed by atoms with E-state index in [2.05, 4.69) is 0 Å². The highest BCUT2D eigenvalue weighted by atomic mass is 35.5. The fraction of sp³-hybridized carbons (Fsp3) is 0.455. The van der Waals surface area contributed by atoms with Gasteiger partial charge in [0.05, 0.1) is 18.1 Å². The fourth-order valence-electron chi connectivity index (χ4n) is 1.67. The van der Waals surface area contributed by atoms with Crippen LogP contribution < -0.4 is 0 Å². The van der Waals surface area contributed by atoms with Crippen molar-refractivity contribution in [3.8, 4) is 0 Å². The Kier molecular flexibility index (Phi) is 6.07. The molecule has 0 saturated heterocycles. The van der Waals surface area contributed by atoms with Gasteiger partial charge in [-0.05, 0) is 12.1 Å². The zero-order valence-electron chi connectivity index (χ0n) is 9.93. The van der Waals surface area contributed by atoms with E-state index in [1.54, 1.807) is 0 Å². The molecule has 1 N–H and O–H groups in total. The molecule has 0 saturated carbocycles. The number of nitrogens with zero attached hydrogens (tertiary/aromatic N) is 2. The van der Waals surface area contributed by atoms with Crippen LogP contribution in [0.15, 0.2) is 18.2 Å². The lowest BCUT2D eigenvalue weighted by atomic mass is 10.1. The molecule has 8 heteroatoms. The summed E-state index contributed by atoms with van der Waals surface area (Å²) in [6.45, 7) is -0.929. The van der Waals surface area contributed by atoms with Gasteiger partial charge in [0.2, 0.25) is 0 Å². The largest absolute Gasteiger partial charge is 0.395 e. The van der Waals surface area contributed by atoms with Crippen molar-refractivity contribution >= 4 is 17.3 Å². The van der Waals surface area contributed by atoms with Crippen molar-refractivity contribution in [2.75, 3.05) is 19.7 Å². The van der Waals surface area contributed by atoms with Crippen molar-refractivity contribution in [3.63, 3.8) is 0 Å². The summed E-state index contributed by atoms with van der Waals surface area (Å²) in [4.78, 5) is 11.5. The van der Waals surface area contributed by atoms with E-state index in [1.165, 1.54) is 23.1 Å². The van der Waals surface area contributed by atoms with Gasteiger partial charge < -0.3 is 5.11 Å². The molecule has 0 heterocycles. The van der Waals surface area contributed by atoms with Crippen molar-refractivity contribution < 1.29 is 18.8 Å². The van der Waals surface area contributed by atoms with Crippen molar-refractivity contribution in [2.24, 2.45) is 0 Å². The lowest BCUT2D eigenvalue weighted by Gasteiger charge is -2.20. The van der Waals surface area contributed by atoms with Gasteiger partial charge in [-0.25, -0.2) is 8.78 Å². The number of hydrogen-bond donors (Lipinski definition) is 1. The van der Waals surface area contributed by atoms with Gasteiger partial charge in [0, 0.05) is 29.7 Å². The first-order chi connectivity index (χ1) is 8.93. The monoisotopic (exact) mass is 294 g/mol. The van der Waals surface area contributed by atoms with Crippen molar-refractivity contribution in [3.05, 3.63) is 38.9 Å². The van der Waals surface area contributed by atoms with Crippen LogP contribution in [-0.4, -0.2) is 41.1 Å². The van der Waals surface area contributed by atoms with E-state index in [9.17, 15) is 18.9 Å². The molecule has 1 rings (SSSR count). The summed E-state index contributed by atoms with van der Waals surface area (Å²) in [5, 5.41) is 19.9. The maximum absolute atomic E-state index is 12.4. The van der Waals surface area contributed by atoms with Crippen LogP contribution in [0.25, 0.3) is 0 Å². The van der Waals surface area contributed by atoms with E-state index in [0.29, 0.717) is 5.02 Å². The van der Waals surface area contributed by atoms with Crippen LogP contribution in [0.5, 0.6) is 0 Å². The summed E-state index contributed by atoms with van der Waals surface area (Å²) in [5.41, 5.74) is 0.0632. The summed E-state index contributed by atoms with van der Waals surface area (Å²) in [7, 11) is 0. The smallest absolute Gasteiger partial charge is 0.273 e. The average molecular weight is 295 g/mol. The van der Waals surface area contributed by atoms with Gasteiger partial charge in [0.25, 0.3) is 12.1 Å². The quantitative estimate of drug-likeness (QED) is 0.619. The molecule has 0 aromatic heterocycles. The summed E-state index contributed by atoms with van der Waals surface area (Å²) >= 11 is 5.75. The Hall–Kier alpha value is -1.31. The molecule has 0 bridgehead atoms. The van der Waals surface area contributed by atoms with E-state index in [4.69, 9.17) is 16.7 Å². The number of nitro benzene ring substituents is 1. The molecule has 19 heavy (non-hydrogen) atoms. The maximum Gasteiger partial charge on any atom is 0.273 e. The van der Waals surface area contributed by atoms with Crippen molar-refractivity contribution in [2.45, 2.75) is 13.0 Å². The molecule has 1 aromatic carbocycles. The third kappa shape index (κ3) is 5.06. The highest BCUT2D eigenvalue weighted by Gasteiger charge is 2.19. The number of nitro groups is 1. The molecular formula is C11H13ClF2N2O3. The van der Waals surface area contributed by atoms with Gasteiger partial charge in [-0.2, -0.15) is 0 Å². The molecule has 0 aliphatic carbocycles. The SMILES string of the molecule is O=[N+]([O-])c1ccc(Cl)cc1CN(CCO)CC(F)F. The van der Waals surface area contributed by atoms with Gasteiger partial charge >= 0.3 is 0 Å². The van der Waals surface area contributed by atoms with E-state index in [0.717, 1.165) is 0 Å². The number of aliphatic hydroxyl groups excluding tert-OH is 1. The van der Waals surface area contributed by atoms with Crippen LogP contribution >= 0.6 is 11.6 Å². The molecule has 0 fully saturated rings. The lowest BCUT2D eigenvalue weighted by molar-refractivity contribution is -0.385. The Bertz CT molecular complexity index is 446. The first-order valence-electron chi connectivity index (χ1n) is 5.48. The van der Waals surface area contributed by atoms with E-state index >= 15 is 0 Å². The van der Waals surface area contributed by atoms with Crippen LogP contribution in [-0.2, 0) is 6.54 Å². The first-order valence-corrected chi connectivity index (χ1v) is 5.86. The molecule has 0 unspecified atom stereocenters. The molecule has 5 nitrogen and oxygen atoms in total. The maximum atomic E-state index is 12.4. The number of aliphatic hydroxyl groups is 1. The molecule has 1 aromatic rings. The van der Waals surface area contributed by atoms with Crippen molar-refractivity contribution in [1.29, 1.82) is 0 Å². The van der Waals surface area contributed by atoms with Gasteiger partial charge in [-0.15, -0.1) is 0 Å². The predicted molar refractivity (Wildman–Crippen MR) is 66.5 cm³/mol. The second-order valence-electron chi connectivity index (χ2n) is 3.88.